The van der Waals surface area contributed by atoms with Crippen LogP contribution >= 0.6 is 0 Å². The Morgan fingerprint density at radius 2 is 2.22 bits per heavy atom. The highest BCUT2D eigenvalue weighted by Crippen LogP contribution is 2.39. The van der Waals surface area contributed by atoms with Gasteiger partial charge in [0.15, 0.2) is 0 Å². The van der Waals surface area contributed by atoms with E-state index in [4.69, 9.17) is 14.6 Å². The predicted molar refractivity (Wildman–Crippen MR) is 67.3 cm³/mol. The van der Waals surface area contributed by atoms with Gasteiger partial charge in [-0.15, -0.1) is 0 Å². The zero-order valence-electron chi connectivity index (χ0n) is 10.5. The second kappa shape index (κ2) is 5.16. The van der Waals surface area contributed by atoms with E-state index in [2.05, 4.69) is 5.32 Å². The van der Waals surface area contributed by atoms with Crippen molar-refractivity contribution in [2.24, 2.45) is 11.8 Å². The molecule has 0 heterocycles. The summed E-state index contributed by atoms with van der Waals surface area (Å²) in [5.41, 5.74) is 0.856. The summed E-state index contributed by atoms with van der Waals surface area (Å²) in [6, 6.07) is 5.51. The fourth-order valence-electron chi connectivity index (χ4n) is 1.96. The molecule has 0 spiro atoms. The van der Waals surface area contributed by atoms with Crippen LogP contribution in [-0.4, -0.2) is 31.8 Å². The number of ether oxygens (including phenoxy) is 2. The van der Waals surface area contributed by atoms with Gasteiger partial charge in [-0.25, -0.2) is 0 Å². The lowest BCUT2D eigenvalue weighted by molar-refractivity contribution is -0.138. The molecule has 2 N–H and O–H groups in total. The van der Waals surface area contributed by atoms with Crippen LogP contribution in [0.2, 0.25) is 0 Å². The maximum atomic E-state index is 10.7. The zero-order chi connectivity index (χ0) is 13.1. The minimum atomic E-state index is -0.705. The number of rotatable bonds is 6. The molecule has 5 nitrogen and oxygen atoms in total. The van der Waals surface area contributed by atoms with Gasteiger partial charge in [0.05, 0.1) is 25.8 Å². The molecular weight excluding hydrogens is 234 g/mol. The number of methoxy groups -OCH3 is 2. The Kier molecular flexibility index (Phi) is 3.60. The Morgan fingerprint density at radius 3 is 2.78 bits per heavy atom. The largest absolute Gasteiger partial charge is 0.497 e. The molecule has 1 aliphatic rings. The monoisotopic (exact) mass is 251 g/mol. The van der Waals surface area contributed by atoms with Crippen LogP contribution in [0, 0.1) is 11.8 Å². The van der Waals surface area contributed by atoms with Gasteiger partial charge < -0.3 is 19.9 Å². The van der Waals surface area contributed by atoms with Crippen LogP contribution in [0.4, 0.5) is 5.69 Å². The SMILES string of the molecule is COc1ccc(NCC2CC2C(=O)O)c(OC)c1. The zero-order valence-corrected chi connectivity index (χ0v) is 10.5. The molecule has 2 rings (SSSR count). The summed E-state index contributed by atoms with van der Waals surface area (Å²) in [4.78, 5) is 10.7. The standard InChI is InChI=1S/C13H17NO4/c1-17-9-3-4-11(12(6-9)18-2)14-7-8-5-10(8)13(15)16/h3-4,6,8,10,14H,5,7H2,1-2H3,(H,15,16). The molecular formula is C13H17NO4. The maximum Gasteiger partial charge on any atom is 0.306 e. The first-order valence-electron chi connectivity index (χ1n) is 5.84. The van der Waals surface area contributed by atoms with Gasteiger partial charge in [0, 0.05) is 12.6 Å². The average Bonchev–Trinajstić information content (AvgIpc) is 3.15. The van der Waals surface area contributed by atoms with Crippen molar-refractivity contribution in [1.29, 1.82) is 0 Å². The smallest absolute Gasteiger partial charge is 0.306 e. The van der Waals surface area contributed by atoms with E-state index in [1.165, 1.54) is 0 Å². The number of aliphatic carboxylic acids is 1. The second-order valence-corrected chi connectivity index (χ2v) is 4.39. The number of anilines is 1. The molecule has 0 saturated heterocycles. The first-order chi connectivity index (χ1) is 8.65. The molecule has 1 aromatic rings. The van der Waals surface area contributed by atoms with E-state index in [0.717, 1.165) is 17.9 Å². The van der Waals surface area contributed by atoms with E-state index < -0.39 is 5.97 Å². The topological polar surface area (TPSA) is 67.8 Å². The van der Waals surface area contributed by atoms with Crippen molar-refractivity contribution in [2.45, 2.75) is 6.42 Å². The Morgan fingerprint density at radius 1 is 1.44 bits per heavy atom. The predicted octanol–water partition coefficient (Wildman–Crippen LogP) is 1.84. The molecule has 5 heteroatoms. The lowest BCUT2D eigenvalue weighted by Gasteiger charge is -2.12. The van der Waals surface area contributed by atoms with E-state index in [1.807, 2.05) is 12.1 Å². The van der Waals surface area contributed by atoms with Gasteiger partial charge in [-0.2, -0.15) is 0 Å². The summed E-state index contributed by atoms with van der Waals surface area (Å²) in [7, 11) is 3.20. The van der Waals surface area contributed by atoms with E-state index in [1.54, 1.807) is 20.3 Å². The van der Waals surface area contributed by atoms with Gasteiger partial charge in [-0.05, 0) is 24.5 Å². The number of carboxylic acids is 1. The molecule has 1 fully saturated rings. The highest BCUT2D eigenvalue weighted by atomic mass is 16.5. The molecule has 18 heavy (non-hydrogen) atoms. The molecule has 0 aliphatic heterocycles. The summed E-state index contributed by atoms with van der Waals surface area (Å²) >= 11 is 0. The van der Waals surface area contributed by atoms with Crippen LogP contribution in [0.1, 0.15) is 6.42 Å². The minimum absolute atomic E-state index is 0.193. The van der Waals surface area contributed by atoms with Crippen LogP contribution in [-0.2, 0) is 4.79 Å². The van der Waals surface area contributed by atoms with Crippen LogP contribution in [0.3, 0.4) is 0 Å². The molecule has 2 atom stereocenters. The minimum Gasteiger partial charge on any atom is -0.497 e. The molecule has 0 bridgehead atoms. The van der Waals surface area contributed by atoms with Crippen molar-refractivity contribution < 1.29 is 19.4 Å². The second-order valence-electron chi connectivity index (χ2n) is 4.39. The van der Waals surface area contributed by atoms with Crippen molar-refractivity contribution in [2.75, 3.05) is 26.1 Å². The number of benzene rings is 1. The maximum absolute atomic E-state index is 10.7. The molecule has 0 amide bonds. The van der Waals surface area contributed by atoms with Gasteiger partial charge in [-0.3, -0.25) is 4.79 Å². The molecule has 1 saturated carbocycles. The molecule has 0 aromatic heterocycles. The molecule has 2 unspecified atom stereocenters. The summed E-state index contributed by atoms with van der Waals surface area (Å²) in [5, 5.41) is 12.0. The highest BCUT2D eigenvalue weighted by Gasteiger charge is 2.42. The lowest BCUT2D eigenvalue weighted by Crippen LogP contribution is -2.09. The van der Waals surface area contributed by atoms with Crippen molar-refractivity contribution in [3.05, 3.63) is 18.2 Å². The Labute approximate surface area is 106 Å². The fourth-order valence-corrected chi connectivity index (χ4v) is 1.96. The normalized spacial score (nSPS) is 21.2. The molecule has 0 radical (unpaired) electrons. The summed E-state index contributed by atoms with van der Waals surface area (Å²) in [6.45, 7) is 0.652. The third kappa shape index (κ3) is 2.67. The number of carbonyl (C=O) groups is 1. The van der Waals surface area contributed by atoms with E-state index in [-0.39, 0.29) is 11.8 Å². The van der Waals surface area contributed by atoms with E-state index in [0.29, 0.717) is 12.3 Å². The first-order valence-corrected chi connectivity index (χ1v) is 5.84. The first kappa shape index (κ1) is 12.5. The fraction of sp³-hybridized carbons (Fsp3) is 0.462. The molecule has 98 valence electrons. The Hall–Kier alpha value is -1.91. The van der Waals surface area contributed by atoms with Gasteiger partial charge in [0.2, 0.25) is 0 Å². The quantitative estimate of drug-likeness (QED) is 0.807. The van der Waals surface area contributed by atoms with Gasteiger partial charge in [0.25, 0.3) is 0 Å². The Balaban J connectivity index is 1.95. The Bertz CT molecular complexity index is 447. The lowest BCUT2D eigenvalue weighted by atomic mass is 10.2. The third-order valence-electron chi connectivity index (χ3n) is 3.20. The molecule has 1 aliphatic carbocycles. The summed E-state index contributed by atoms with van der Waals surface area (Å²) in [6.07, 6.45) is 0.751. The van der Waals surface area contributed by atoms with Crippen LogP contribution in [0.15, 0.2) is 18.2 Å². The number of hydrogen-bond acceptors (Lipinski definition) is 4. The highest BCUT2D eigenvalue weighted by molar-refractivity contribution is 5.73. The van der Waals surface area contributed by atoms with Crippen molar-refractivity contribution >= 4 is 11.7 Å². The summed E-state index contributed by atoms with van der Waals surface area (Å²) in [5.74, 6) is 0.744. The van der Waals surface area contributed by atoms with Crippen molar-refractivity contribution in [3.8, 4) is 11.5 Å². The van der Waals surface area contributed by atoms with Crippen LogP contribution in [0.5, 0.6) is 11.5 Å². The van der Waals surface area contributed by atoms with Gasteiger partial charge in [0.1, 0.15) is 11.5 Å². The number of nitrogens with one attached hydrogen (secondary N) is 1. The van der Waals surface area contributed by atoms with Crippen LogP contribution in [0.25, 0.3) is 0 Å². The van der Waals surface area contributed by atoms with Crippen molar-refractivity contribution in [3.63, 3.8) is 0 Å². The van der Waals surface area contributed by atoms with E-state index >= 15 is 0 Å². The third-order valence-corrected chi connectivity index (χ3v) is 3.20. The van der Waals surface area contributed by atoms with Gasteiger partial charge in [-0.1, -0.05) is 0 Å². The molecule has 1 aromatic carbocycles. The van der Waals surface area contributed by atoms with Crippen molar-refractivity contribution in [1.82, 2.24) is 0 Å². The number of hydrogen-bond donors (Lipinski definition) is 2. The van der Waals surface area contributed by atoms with E-state index in [9.17, 15) is 4.79 Å². The number of carboxylic acid groups (broad SMARTS) is 1. The van der Waals surface area contributed by atoms with Crippen LogP contribution < -0.4 is 14.8 Å². The van der Waals surface area contributed by atoms with Gasteiger partial charge >= 0.3 is 5.97 Å². The average molecular weight is 251 g/mol. The summed E-state index contributed by atoms with van der Waals surface area (Å²) < 4.78 is 10.4.